The molecule has 0 bridgehead atoms. The molecule has 2 aromatic heterocycles. The molecule has 0 unspecified atom stereocenters. The van der Waals surface area contributed by atoms with E-state index in [2.05, 4.69) is 95.3 Å². The monoisotopic (exact) mass is 371 g/mol. The molecule has 27 heavy (non-hydrogen) atoms. The molecule has 0 amide bonds. The van der Waals surface area contributed by atoms with Gasteiger partial charge in [0.1, 0.15) is 4.83 Å². The van der Waals surface area contributed by atoms with Gasteiger partial charge in [0, 0.05) is 15.8 Å². The SMILES string of the molecule is Cc1cc(-c2ccc3c(C)c(-c4ccccc4)sc3n2)cc(C(C)(C)C)c1. The number of aryl methyl sites for hydroxylation is 2. The molecule has 0 aliphatic heterocycles. The van der Waals surface area contributed by atoms with Crippen LogP contribution in [-0.2, 0) is 5.41 Å². The molecule has 1 nitrogen and oxygen atoms in total. The van der Waals surface area contributed by atoms with Crippen LogP contribution in [0.4, 0.5) is 0 Å². The van der Waals surface area contributed by atoms with Gasteiger partial charge >= 0.3 is 0 Å². The van der Waals surface area contributed by atoms with Gasteiger partial charge in [-0.3, -0.25) is 0 Å². The summed E-state index contributed by atoms with van der Waals surface area (Å²) in [4.78, 5) is 7.46. The summed E-state index contributed by atoms with van der Waals surface area (Å²) in [5.41, 5.74) is 7.61. The van der Waals surface area contributed by atoms with E-state index < -0.39 is 0 Å². The number of hydrogen-bond donors (Lipinski definition) is 0. The fourth-order valence-electron chi connectivity index (χ4n) is 3.49. The maximum Gasteiger partial charge on any atom is 0.124 e. The van der Waals surface area contributed by atoms with Crippen molar-refractivity contribution in [2.45, 2.75) is 40.0 Å². The minimum Gasteiger partial charge on any atom is -0.237 e. The van der Waals surface area contributed by atoms with Crippen LogP contribution in [0.15, 0.2) is 60.7 Å². The number of thiophene rings is 1. The molecule has 0 saturated heterocycles. The maximum absolute atomic E-state index is 5.04. The lowest BCUT2D eigenvalue weighted by Crippen LogP contribution is -2.11. The highest BCUT2D eigenvalue weighted by molar-refractivity contribution is 7.22. The van der Waals surface area contributed by atoms with Crippen molar-refractivity contribution < 1.29 is 0 Å². The van der Waals surface area contributed by atoms with Gasteiger partial charge in [-0.25, -0.2) is 4.98 Å². The summed E-state index contributed by atoms with van der Waals surface area (Å²) in [6.07, 6.45) is 0. The smallest absolute Gasteiger partial charge is 0.124 e. The van der Waals surface area contributed by atoms with Gasteiger partial charge in [0.15, 0.2) is 0 Å². The predicted molar refractivity (Wildman–Crippen MR) is 119 cm³/mol. The van der Waals surface area contributed by atoms with E-state index in [0.29, 0.717) is 0 Å². The van der Waals surface area contributed by atoms with E-state index in [1.165, 1.54) is 38.1 Å². The first kappa shape index (κ1) is 17.9. The summed E-state index contributed by atoms with van der Waals surface area (Å²) < 4.78 is 0. The second-order valence-corrected chi connectivity index (χ2v) is 9.31. The van der Waals surface area contributed by atoms with Crippen LogP contribution < -0.4 is 0 Å². The highest BCUT2D eigenvalue weighted by Crippen LogP contribution is 2.38. The summed E-state index contributed by atoms with van der Waals surface area (Å²) >= 11 is 1.79. The maximum atomic E-state index is 5.04. The number of aromatic nitrogens is 1. The standard InChI is InChI=1S/C25H25NS/c1-16-13-19(15-20(14-16)25(3,4)5)22-12-11-21-17(2)23(27-24(21)26-22)18-9-7-6-8-10-18/h6-15H,1-5H3. The fraction of sp³-hybridized carbons (Fsp3) is 0.240. The van der Waals surface area contributed by atoms with Crippen molar-refractivity contribution in [2.75, 3.05) is 0 Å². The fourth-order valence-corrected chi connectivity index (χ4v) is 4.67. The van der Waals surface area contributed by atoms with Gasteiger partial charge < -0.3 is 0 Å². The number of benzene rings is 2. The summed E-state index contributed by atoms with van der Waals surface area (Å²) in [5, 5.41) is 1.26. The zero-order valence-electron chi connectivity index (χ0n) is 16.6. The van der Waals surface area contributed by atoms with Gasteiger partial charge in [-0.2, -0.15) is 0 Å². The molecule has 4 rings (SSSR count). The van der Waals surface area contributed by atoms with E-state index in [-0.39, 0.29) is 5.41 Å². The number of fused-ring (bicyclic) bond motifs is 1. The average Bonchev–Trinajstić information content (AvgIpc) is 2.97. The van der Waals surface area contributed by atoms with Crippen LogP contribution in [0.5, 0.6) is 0 Å². The Morgan fingerprint density at radius 1 is 0.815 bits per heavy atom. The first-order chi connectivity index (χ1) is 12.8. The van der Waals surface area contributed by atoms with E-state index in [0.717, 1.165) is 10.5 Å². The van der Waals surface area contributed by atoms with Crippen LogP contribution in [0.2, 0.25) is 0 Å². The molecule has 0 aliphatic carbocycles. The van der Waals surface area contributed by atoms with E-state index in [4.69, 9.17) is 4.98 Å². The molecule has 2 heterocycles. The van der Waals surface area contributed by atoms with E-state index in [1.54, 1.807) is 11.3 Å². The van der Waals surface area contributed by atoms with Gasteiger partial charge in [0.2, 0.25) is 0 Å². The third kappa shape index (κ3) is 3.42. The minimum atomic E-state index is 0.130. The van der Waals surface area contributed by atoms with Crippen LogP contribution >= 0.6 is 11.3 Å². The second kappa shape index (κ2) is 6.61. The number of nitrogens with zero attached hydrogens (tertiary/aromatic N) is 1. The molecule has 0 aliphatic rings. The molecule has 0 atom stereocenters. The number of rotatable bonds is 2. The Bertz CT molecular complexity index is 1110. The van der Waals surface area contributed by atoms with Crippen molar-refractivity contribution in [2.24, 2.45) is 0 Å². The largest absolute Gasteiger partial charge is 0.237 e. The zero-order valence-corrected chi connectivity index (χ0v) is 17.4. The molecule has 4 aromatic rings. The summed E-state index contributed by atoms with van der Waals surface area (Å²) in [6.45, 7) is 11.2. The quantitative estimate of drug-likeness (QED) is 0.354. The minimum absolute atomic E-state index is 0.130. The summed E-state index contributed by atoms with van der Waals surface area (Å²) in [6, 6.07) is 21.8. The van der Waals surface area contributed by atoms with Crippen LogP contribution in [0.25, 0.3) is 31.9 Å². The average molecular weight is 372 g/mol. The van der Waals surface area contributed by atoms with Crippen molar-refractivity contribution in [1.29, 1.82) is 0 Å². The molecule has 0 fully saturated rings. The normalized spacial score (nSPS) is 11.9. The number of hydrogen-bond acceptors (Lipinski definition) is 2. The Balaban J connectivity index is 1.85. The summed E-state index contributed by atoms with van der Waals surface area (Å²) in [7, 11) is 0. The van der Waals surface area contributed by atoms with Crippen LogP contribution in [0, 0.1) is 13.8 Å². The van der Waals surface area contributed by atoms with Crippen molar-refractivity contribution in [3.8, 4) is 21.7 Å². The Morgan fingerprint density at radius 3 is 2.26 bits per heavy atom. The van der Waals surface area contributed by atoms with E-state index in [9.17, 15) is 0 Å². The van der Waals surface area contributed by atoms with Gasteiger partial charge in [-0.05, 0) is 60.2 Å². The van der Waals surface area contributed by atoms with E-state index in [1.807, 2.05) is 0 Å². The van der Waals surface area contributed by atoms with Crippen LogP contribution in [-0.4, -0.2) is 4.98 Å². The zero-order chi connectivity index (χ0) is 19.2. The highest BCUT2D eigenvalue weighted by Gasteiger charge is 2.16. The molecule has 2 heteroatoms. The van der Waals surface area contributed by atoms with Crippen molar-refractivity contribution in [1.82, 2.24) is 4.98 Å². The van der Waals surface area contributed by atoms with Crippen LogP contribution in [0.3, 0.4) is 0 Å². The Labute approximate surface area is 165 Å². The lowest BCUT2D eigenvalue weighted by molar-refractivity contribution is 0.590. The van der Waals surface area contributed by atoms with Gasteiger partial charge in [0.05, 0.1) is 5.69 Å². The van der Waals surface area contributed by atoms with Gasteiger partial charge in [0.25, 0.3) is 0 Å². The topological polar surface area (TPSA) is 12.9 Å². The molecular weight excluding hydrogens is 346 g/mol. The molecule has 0 spiro atoms. The lowest BCUT2D eigenvalue weighted by Gasteiger charge is -2.20. The Hall–Kier alpha value is -2.45. The Morgan fingerprint density at radius 2 is 1.56 bits per heavy atom. The molecule has 0 saturated carbocycles. The first-order valence-electron chi connectivity index (χ1n) is 9.41. The molecule has 2 aromatic carbocycles. The molecule has 136 valence electrons. The van der Waals surface area contributed by atoms with Gasteiger partial charge in [-0.15, -0.1) is 11.3 Å². The van der Waals surface area contributed by atoms with Crippen molar-refractivity contribution in [3.05, 3.63) is 77.4 Å². The third-order valence-corrected chi connectivity index (χ3v) is 6.33. The third-order valence-electron chi connectivity index (χ3n) is 5.08. The van der Waals surface area contributed by atoms with Crippen LogP contribution in [0.1, 0.15) is 37.5 Å². The first-order valence-corrected chi connectivity index (χ1v) is 10.2. The second-order valence-electron chi connectivity index (χ2n) is 8.31. The molecule has 0 N–H and O–H groups in total. The summed E-state index contributed by atoms with van der Waals surface area (Å²) in [5.74, 6) is 0. The van der Waals surface area contributed by atoms with Crippen molar-refractivity contribution in [3.63, 3.8) is 0 Å². The van der Waals surface area contributed by atoms with Crippen molar-refractivity contribution >= 4 is 21.6 Å². The van der Waals surface area contributed by atoms with E-state index >= 15 is 0 Å². The number of pyridine rings is 1. The van der Waals surface area contributed by atoms with Gasteiger partial charge in [-0.1, -0.05) is 62.7 Å². The lowest BCUT2D eigenvalue weighted by atomic mass is 9.85. The highest BCUT2D eigenvalue weighted by atomic mass is 32.1. The predicted octanol–water partition coefficient (Wildman–Crippen LogP) is 7.54. The Kier molecular flexibility index (Phi) is 4.39. The molecule has 0 radical (unpaired) electrons. The molecular formula is C25H25NS.